The topological polar surface area (TPSA) is 29.5 Å². The van der Waals surface area contributed by atoms with Gasteiger partial charge in [-0.1, -0.05) is 71.2 Å². The van der Waals surface area contributed by atoms with Crippen LogP contribution >= 0.6 is 23.2 Å². The third kappa shape index (κ3) is 6.30. The molecule has 0 N–H and O–H groups in total. The van der Waals surface area contributed by atoms with Gasteiger partial charge in [0.15, 0.2) is 0 Å². The number of fused-ring (bicyclic) bond motifs is 1. The maximum absolute atomic E-state index is 12.6. The number of benzene rings is 3. The van der Waals surface area contributed by atoms with Crippen LogP contribution in [-0.2, 0) is 11.2 Å². The monoisotopic (exact) mass is 563 g/mol. The highest BCUT2D eigenvalue weighted by Gasteiger charge is 2.23. The number of methoxy groups -OCH3 is 1. The van der Waals surface area contributed by atoms with Gasteiger partial charge >= 0.3 is 5.97 Å². The van der Waals surface area contributed by atoms with Crippen LogP contribution in [-0.4, -0.2) is 44.3 Å². The molecule has 2 aliphatic rings. The summed E-state index contributed by atoms with van der Waals surface area (Å²) in [5, 5.41) is 1.24. The molecule has 0 bridgehead atoms. The number of allylic oxidation sites excluding steroid dienone is 1. The van der Waals surface area contributed by atoms with Gasteiger partial charge in [-0.2, -0.15) is 0 Å². The molecule has 5 rings (SSSR count). The SMILES string of the molecule is COC(=O)c1ccc2c(c1)CCCC(c1ccc(Cl)cc1Cl)=C2c1ccc(C=C2CCN(CCCF)C2)cc1. The molecule has 1 heterocycles. The molecule has 0 amide bonds. The van der Waals surface area contributed by atoms with Crippen LogP contribution < -0.4 is 0 Å². The van der Waals surface area contributed by atoms with Crippen LogP contribution in [0.4, 0.5) is 4.39 Å². The number of hydrogen-bond donors (Lipinski definition) is 0. The highest BCUT2D eigenvalue weighted by Crippen LogP contribution is 2.42. The van der Waals surface area contributed by atoms with E-state index in [1.54, 1.807) is 6.07 Å². The van der Waals surface area contributed by atoms with E-state index in [9.17, 15) is 9.18 Å². The molecule has 6 heteroatoms. The molecule has 39 heavy (non-hydrogen) atoms. The molecule has 3 aromatic carbocycles. The fourth-order valence-electron chi connectivity index (χ4n) is 5.69. The number of esters is 1. The molecule has 0 atom stereocenters. The predicted octanol–water partition coefficient (Wildman–Crippen LogP) is 8.52. The largest absolute Gasteiger partial charge is 0.465 e. The van der Waals surface area contributed by atoms with Crippen molar-refractivity contribution in [2.24, 2.45) is 0 Å². The fraction of sp³-hybridized carbons (Fsp3) is 0.303. The molecule has 0 spiro atoms. The van der Waals surface area contributed by atoms with Crippen LogP contribution in [0.5, 0.6) is 0 Å². The minimum Gasteiger partial charge on any atom is -0.465 e. The van der Waals surface area contributed by atoms with Crippen molar-refractivity contribution >= 4 is 46.4 Å². The van der Waals surface area contributed by atoms with Crippen molar-refractivity contribution in [2.75, 3.05) is 33.4 Å². The number of rotatable bonds is 7. The Bertz CT molecular complexity index is 1430. The first-order chi connectivity index (χ1) is 19.0. The minimum absolute atomic E-state index is 0.261. The lowest BCUT2D eigenvalue weighted by atomic mass is 9.87. The molecule has 0 saturated carbocycles. The molecule has 1 fully saturated rings. The van der Waals surface area contributed by atoms with Crippen molar-refractivity contribution in [1.29, 1.82) is 0 Å². The van der Waals surface area contributed by atoms with Gasteiger partial charge in [0, 0.05) is 29.7 Å². The Balaban J connectivity index is 1.56. The quantitative estimate of drug-likeness (QED) is 0.270. The smallest absolute Gasteiger partial charge is 0.337 e. The zero-order chi connectivity index (χ0) is 27.4. The molecule has 1 aliphatic heterocycles. The lowest BCUT2D eigenvalue weighted by Crippen LogP contribution is -2.20. The lowest BCUT2D eigenvalue weighted by molar-refractivity contribution is 0.0600. The standard InChI is InChI=1S/C33H32Cl2FNO2/c1-39-33(38)26-10-12-28-25(19-26)4-2-5-30(29-13-11-27(34)20-31(29)35)32(28)24-8-6-22(7-9-24)18-23-14-17-37(21-23)16-3-15-36/h6-13,18-20H,2-5,14-17,21H2,1H3. The summed E-state index contributed by atoms with van der Waals surface area (Å²) in [5.74, 6) is -0.332. The van der Waals surface area contributed by atoms with E-state index in [0.29, 0.717) is 22.0 Å². The van der Waals surface area contributed by atoms with Gasteiger partial charge in [0.1, 0.15) is 0 Å². The van der Waals surface area contributed by atoms with Gasteiger partial charge in [0.2, 0.25) is 0 Å². The summed E-state index contributed by atoms with van der Waals surface area (Å²) in [5.41, 5.74) is 9.70. The van der Waals surface area contributed by atoms with Crippen LogP contribution in [0.2, 0.25) is 10.0 Å². The van der Waals surface area contributed by atoms with E-state index in [4.69, 9.17) is 27.9 Å². The van der Waals surface area contributed by atoms with Crippen LogP contribution in [0.25, 0.3) is 17.2 Å². The summed E-state index contributed by atoms with van der Waals surface area (Å²) in [6.45, 7) is 2.45. The van der Waals surface area contributed by atoms with Crippen molar-refractivity contribution in [3.8, 4) is 0 Å². The third-order valence-electron chi connectivity index (χ3n) is 7.58. The van der Waals surface area contributed by atoms with Crippen molar-refractivity contribution in [3.05, 3.63) is 110 Å². The summed E-state index contributed by atoms with van der Waals surface area (Å²) < 4.78 is 17.5. The molecule has 1 aliphatic carbocycles. The van der Waals surface area contributed by atoms with Crippen molar-refractivity contribution in [1.82, 2.24) is 4.90 Å². The Morgan fingerprint density at radius 1 is 1.00 bits per heavy atom. The van der Waals surface area contributed by atoms with Gasteiger partial charge < -0.3 is 4.74 Å². The van der Waals surface area contributed by atoms with Gasteiger partial charge in [-0.15, -0.1) is 0 Å². The predicted molar refractivity (Wildman–Crippen MR) is 159 cm³/mol. The number of carbonyl (C=O) groups is 1. The van der Waals surface area contributed by atoms with Crippen LogP contribution in [0.1, 0.15) is 63.9 Å². The number of halogens is 3. The summed E-state index contributed by atoms with van der Waals surface area (Å²) in [4.78, 5) is 14.6. The van der Waals surface area contributed by atoms with Crippen LogP contribution in [0, 0.1) is 0 Å². The van der Waals surface area contributed by atoms with E-state index in [1.807, 2.05) is 30.3 Å². The van der Waals surface area contributed by atoms with Crippen LogP contribution in [0.15, 0.2) is 66.2 Å². The number of alkyl halides is 1. The normalized spacial score (nSPS) is 16.9. The Hall–Kier alpha value is -2.92. The number of likely N-dealkylation sites (tertiary alicyclic amines) is 1. The molecule has 0 aromatic heterocycles. The molecule has 1 saturated heterocycles. The third-order valence-corrected chi connectivity index (χ3v) is 8.13. The number of ether oxygens (including phenoxy) is 1. The molecular weight excluding hydrogens is 532 g/mol. The van der Waals surface area contributed by atoms with Crippen molar-refractivity contribution in [2.45, 2.75) is 32.1 Å². The highest BCUT2D eigenvalue weighted by molar-refractivity contribution is 6.36. The summed E-state index contributed by atoms with van der Waals surface area (Å²) in [6, 6.07) is 20.2. The average Bonchev–Trinajstić information content (AvgIpc) is 3.30. The minimum atomic E-state index is -0.332. The zero-order valence-corrected chi connectivity index (χ0v) is 23.6. The first kappa shape index (κ1) is 27.6. The maximum Gasteiger partial charge on any atom is 0.337 e. The zero-order valence-electron chi connectivity index (χ0n) is 22.1. The summed E-state index contributed by atoms with van der Waals surface area (Å²) in [6.07, 6.45) is 6.50. The molecular formula is C33H32Cl2FNO2. The maximum atomic E-state index is 12.6. The Kier molecular flexibility index (Phi) is 8.86. The highest BCUT2D eigenvalue weighted by atomic mass is 35.5. The second kappa shape index (κ2) is 12.5. The molecule has 3 aromatic rings. The van der Waals surface area contributed by atoms with Gasteiger partial charge in [-0.05, 0) is 95.3 Å². The Morgan fingerprint density at radius 3 is 2.54 bits per heavy atom. The molecule has 0 unspecified atom stereocenters. The van der Waals surface area contributed by atoms with Crippen molar-refractivity contribution in [3.63, 3.8) is 0 Å². The first-order valence-electron chi connectivity index (χ1n) is 13.4. The average molecular weight is 565 g/mol. The second-order valence-corrected chi connectivity index (χ2v) is 11.0. The molecule has 202 valence electrons. The van der Waals surface area contributed by atoms with E-state index in [2.05, 4.69) is 35.2 Å². The number of nitrogens with zero attached hydrogens (tertiary/aromatic N) is 1. The number of aryl methyl sites for hydroxylation is 1. The van der Waals surface area contributed by atoms with E-state index < -0.39 is 0 Å². The van der Waals surface area contributed by atoms with Crippen LogP contribution in [0.3, 0.4) is 0 Å². The first-order valence-corrected chi connectivity index (χ1v) is 14.2. The van der Waals surface area contributed by atoms with Gasteiger partial charge in [0.05, 0.1) is 19.3 Å². The summed E-state index contributed by atoms with van der Waals surface area (Å²) in [7, 11) is 1.41. The van der Waals surface area contributed by atoms with Crippen molar-refractivity contribution < 1.29 is 13.9 Å². The van der Waals surface area contributed by atoms with Gasteiger partial charge in [-0.25, -0.2) is 4.79 Å². The summed E-state index contributed by atoms with van der Waals surface area (Å²) >= 11 is 13.0. The number of hydrogen-bond acceptors (Lipinski definition) is 3. The second-order valence-electron chi connectivity index (χ2n) is 10.2. The van der Waals surface area contributed by atoms with E-state index in [-0.39, 0.29) is 12.6 Å². The Morgan fingerprint density at radius 2 is 1.79 bits per heavy atom. The molecule has 0 radical (unpaired) electrons. The van der Waals surface area contributed by atoms with Gasteiger partial charge in [-0.3, -0.25) is 9.29 Å². The number of carbonyl (C=O) groups excluding carboxylic acids is 1. The van der Waals surface area contributed by atoms with Gasteiger partial charge in [0.25, 0.3) is 0 Å². The fourth-order valence-corrected chi connectivity index (χ4v) is 6.21. The molecule has 3 nitrogen and oxygen atoms in total. The lowest BCUT2D eigenvalue weighted by Gasteiger charge is -2.18. The van der Waals surface area contributed by atoms with E-state index in [1.165, 1.54) is 18.3 Å². The van der Waals surface area contributed by atoms with E-state index in [0.717, 1.165) is 78.7 Å². The van der Waals surface area contributed by atoms with E-state index >= 15 is 0 Å². The Labute approximate surface area is 239 Å².